The Labute approximate surface area is 203 Å². The number of rotatable bonds is 8. The van der Waals surface area contributed by atoms with Crippen LogP contribution in [0.4, 0.5) is 5.95 Å². The number of halogens is 1. The molecule has 0 amide bonds. The molecule has 0 bridgehead atoms. The van der Waals surface area contributed by atoms with Crippen LogP contribution in [0, 0.1) is 11.8 Å². The van der Waals surface area contributed by atoms with Gasteiger partial charge in [-0.05, 0) is 13.0 Å². The van der Waals surface area contributed by atoms with Crippen LogP contribution in [0.2, 0.25) is 0 Å². The zero-order valence-corrected chi connectivity index (χ0v) is 20.5. The largest absolute Gasteiger partial charge is 0.490 e. The summed E-state index contributed by atoms with van der Waals surface area (Å²) in [7, 11) is -17.7. The first-order chi connectivity index (χ1) is 16.7. The molecule has 2 aromatic rings. The van der Waals surface area contributed by atoms with E-state index in [0.717, 1.165) is 4.57 Å². The van der Waals surface area contributed by atoms with Crippen molar-refractivity contribution in [3.63, 3.8) is 0 Å². The van der Waals surface area contributed by atoms with E-state index in [1.54, 1.807) is 0 Å². The average molecular weight is 581 g/mol. The summed E-state index contributed by atoms with van der Waals surface area (Å²) in [5.74, 6) is 4.54. The maximum atomic E-state index is 12.2. The number of aromatic amines is 1. The monoisotopic (exact) mass is 580 g/mol. The smallest absolute Gasteiger partial charge is 0.387 e. The van der Waals surface area contributed by atoms with Gasteiger partial charge in [-0.2, -0.15) is 13.6 Å². The number of anilines is 1. The predicted molar refractivity (Wildman–Crippen MR) is 117 cm³/mol. The number of aliphatic hydroxyl groups excluding tert-OH is 1. The van der Waals surface area contributed by atoms with Crippen LogP contribution in [-0.2, 0) is 31.6 Å². The number of nitrogens with two attached hydrogens (primary N) is 1. The van der Waals surface area contributed by atoms with Crippen molar-refractivity contribution in [2.24, 2.45) is 0 Å². The van der Waals surface area contributed by atoms with Crippen LogP contribution in [-0.4, -0.2) is 62.9 Å². The molecule has 8 N–H and O–H groups in total. The third-order valence-corrected chi connectivity index (χ3v) is 8.39. The first-order valence-electron chi connectivity index (χ1n) is 9.88. The lowest BCUT2D eigenvalue weighted by Gasteiger charge is -2.26. The van der Waals surface area contributed by atoms with Gasteiger partial charge >= 0.3 is 23.5 Å². The first kappa shape index (κ1) is 25.1. The number of hydrogen-bond donors (Lipinski definition) is 7. The fourth-order valence-corrected chi connectivity index (χ4v) is 6.27. The van der Waals surface area contributed by atoms with E-state index in [0.29, 0.717) is 0 Å². The molecule has 35 heavy (non-hydrogen) atoms. The summed E-state index contributed by atoms with van der Waals surface area (Å²) in [6.45, 7) is -2.24. The summed E-state index contributed by atoms with van der Waals surface area (Å²) in [6.07, 6.45) is -4.81. The van der Waals surface area contributed by atoms with Gasteiger partial charge in [0.25, 0.3) is 5.56 Å². The number of phosphoric acid groups is 3. The van der Waals surface area contributed by atoms with Gasteiger partial charge in [0, 0.05) is 6.20 Å². The number of nitrogen functional groups attached to an aromatic ring is 1. The zero-order valence-electron chi connectivity index (χ0n) is 19.1. The fraction of sp³-hybridized carbons (Fsp3) is 0.429. The second kappa shape index (κ2) is 9.70. The lowest BCUT2D eigenvalue weighted by atomic mass is 9.99. The number of ether oxygens (including phenoxy) is 1. The first-order valence-corrected chi connectivity index (χ1v) is 13.8. The minimum absolute atomic E-state index is 0.00418. The minimum atomic E-state index is -6.00. The van der Waals surface area contributed by atoms with E-state index in [-0.39, 0.29) is 17.0 Å². The molecule has 3 unspecified atom stereocenters. The van der Waals surface area contributed by atoms with Crippen LogP contribution in [0.25, 0.3) is 11.0 Å². The summed E-state index contributed by atoms with van der Waals surface area (Å²) >= 11 is 6.52. The Kier molecular flexibility index (Phi) is 6.94. The van der Waals surface area contributed by atoms with Crippen LogP contribution in [0.15, 0.2) is 17.1 Å². The molecule has 1 saturated heterocycles. The molecule has 2 aromatic heterocycles. The molecule has 0 radical (unpaired) electrons. The summed E-state index contributed by atoms with van der Waals surface area (Å²) in [5.41, 5.74) is 4.81. The molecule has 3 heterocycles. The van der Waals surface area contributed by atoms with E-state index < -0.39 is 58.9 Å². The van der Waals surface area contributed by atoms with E-state index in [1.165, 1.54) is 19.2 Å². The number of nitrogens with one attached hydrogen (secondary N) is 1. The van der Waals surface area contributed by atoms with Crippen molar-refractivity contribution in [2.75, 3.05) is 12.3 Å². The van der Waals surface area contributed by atoms with E-state index in [2.05, 4.69) is 35.0 Å². The van der Waals surface area contributed by atoms with Gasteiger partial charge in [-0.25, -0.2) is 13.7 Å². The lowest BCUT2D eigenvalue weighted by Crippen LogP contribution is -2.41. The van der Waals surface area contributed by atoms with Gasteiger partial charge in [-0.1, -0.05) is 17.5 Å². The number of nitrogens with zero attached hydrogens (tertiary/aromatic N) is 2. The van der Waals surface area contributed by atoms with E-state index >= 15 is 0 Å². The number of aliphatic hydroxyl groups is 1. The molecule has 1 aliphatic rings. The normalized spacial score (nSPS) is 29.5. The van der Waals surface area contributed by atoms with Crippen molar-refractivity contribution in [3.8, 4) is 11.8 Å². The standard InChI is InChI=1S/C14H18ClN4O13P3/c1-2-4-14(15)9(20)8(6-29-34(25,26)32-35(27,28)31-33(22,23)24)30-12(14)19-5-3-7-10(19)17-13(16)18-11(7)21/h3,5,8-9,12,20H,6H2,1H3,(H,25,26)(H,27,28)(H2,22,23,24)(H3,16,17,18,21)/t8-,9+,12-,14?/m1/s1/i6D2. The Morgan fingerprint density at radius 1 is 1.34 bits per heavy atom. The molecule has 17 nitrogen and oxygen atoms in total. The van der Waals surface area contributed by atoms with E-state index in [4.69, 9.17) is 34.6 Å². The van der Waals surface area contributed by atoms with Gasteiger partial charge in [0.2, 0.25) is 5.95 Å². The number of hydrogen-bond acceptors (Lipinski definition) is 11. The molecule has 0 saturated carbocycles. The molecule has 3 rings (SSSR count). The van der Waals surface area contributed by atoms with Crippen molar-refractivity contribution in [3.05, 3.63) is 22.6 Å². The van der Waals surface area contributed by atoms with Gasteiger partial charge in [-0.15, -0.1) is 5.92 Å². The number of aromatic nitrogens is 3. The van der Waals surface area contributed by atoms with Crippen LogP contribution in [0.1, 0.15) is 15.9 Å². The van der Waals surface area contributed by atoms with Crippen LogP contribution in [0.5, 0.6) is 0 Å². The van der Waals surface area contributed by atoms with Crippen molar-refractivity contribution in [2.45, 2.75) is 30.2 Å². The van der Waals surface area contributed by atoms with Gasteiger partial charge < -0.3 is 39.7 Å². The van der Waals surface area contributed by atoms with Crippen molar-refractivity contribution in [1.29, 1.82) is 0 Å². The molecule has 6 atom stereocenters. The van der Waals surface area contributed by atoms with Gasteiger partial charge in [0.05, 0.1) is 14.7 Å². The maximum absolute atomic E-state index is 12.2. The predicted octanol–water partition coefficient (Wildman–Crippen LogP) is -0.0907. The molecule has 1 aliphatic heterocycles. The molecule has 1 fully saturated rings. The minimum Gasteiger partial charge on any atom is -0.387 e. The summed E-state index contributed by atoms with van der Waals surface area (Å²) in [4.78, 5) is 52.4. The number of alkyl halides is 1. The fourth-order valence-electron chi connectivity index (χ4n) is 3.03. The van der Waals surface area contributed by atoms with E-state index in [9.17, 15) is 33.4 Å². The van der Waals surface area contributed by atoms with Gasteiger partial charge in [0.1, 0.15) is 12.2 Å². The summed E-state index contributed by atoms with van der Waals surface area (Å²) in [5, 5.41) is 10.9. The van der Waals surface area contributed by atoms with Gasteiger partial charge in [0.15, 0.2) is 16.7 Å². The quantitative estimate of drug-likeness (QED) is 0.122. The molecular formula is C14H18ClN4O13P3. The highest BCUT2D eigenvalue weighted by atomic mass is 35.5. The second-order valence-corrected chi connectivity index (χ2v) is 11.7. The van der Waals surface area contributed by atoms with Crippen LogP contribution in [0.3, 0.4) is 0 Å². The maximum Gasteiger partial charge on any atom is 0.490 e. The SMILES string of the molecule is [2H]C([2H])(OP(=O)(O)OP(=O)(O)OP(=O)(O)O)[C@H]1O[C@@H](n2ccc3c(=O)[nH]c(N)nc32)C(Cl)(C#CC)[C@H]1O. The number of H-pyrrole nitrogens is 1. The highest BCUT2D eigenvalue weighted by molar-refractivity contribution is 7.66. The third kappa shape index (κ3) is 6.22. The highest BCUT2D eigenvalue weighted by Gasteiger charge is 2.56. The average Bonchev–Trinajstić information content (AvgIpc) is 3.18. The molecule has 0 aromatic carbocycles. The van der Waals surface area contributed by atoms with Crippen molar-refractivity contribution >= 4 is 52.1 Å². The second-order valence-electron chi connectivity index (χ2n) is 6.71. The van der Waals surface area contributed by atoms with Gasteiger partial charge in [-0.3, -0.25) is 14.3 Å². The molecular weight excluding hydrogens is 561 g/mol. The molecule has 21 heteroatoms. The number of fused-ring (bicyclic) bond motifs is 1. The Morgan fingerprint density at radius 2 is 2.00 bits per heavy atom. The molecule has 0 aliphatic carbocycles. The Balaban J connectivity index is 1.99. The lowest BCUT2D eigenvalue weighted by molar-refractivity contribution is -0.0426. The highest BCUT2D eigenvalue weighted by Crippen LogP contribution is 2.66. The summed E-state index contributed by atoms with van der Waals surface area (Å²) < 4.78 is 68.5. The third-order valence-electron chi connectivity index (χ3n) is 4.22. The molecule has 0 spiro atoms. The molecule has 194 valence electrons. The zero-order chi connectivity index (χ0) is 28.2. The van der Waals surface area contributed by atoms with Crippen LogP contribution >= 0.6 is 35.1 Å². The summed E-state index contributed by atoms with van der Waals surface area (Å²) in [6, 6.07) is 1.28. The Morgan fingerprint density at radius 3 is 2.60 bits per heavy atom. The van der Waals surface area contributed by atoms with Crippen LogP contribution < -0.4 is 11.3 Å². The number of phosphoric ester groups is 1. The van der Waals surface area contributed by atoms with E-state index in [1.807, 2.05) is 0 Å². The topological polar surface area (TPSA) is 266 Å². The Bertz CT molecular complexity index is 1480. The van der Waals surface area contributed by atoms with Crippen molar-refractivity contribution in [1.82, 2.24) is 14.5 Å². The Hall–Kier alpha value is -1.60. The van der Waals surface area contributed by atoms with Crippen molar-refractivity contribution < 1.29 is 59.0 Å².